The summed E-state index contributed by atoms with van der Waals surface area (Å²) in [5.41, 5.74) is 7.43. The minimum Gasteiger partial charge on any atom is -0.398 e. The number of nitrogens with one attached hydrogen (secondary N) is 1. The van der Waals surface area contributed by atoms with E-state index in [0.717, 1.165) is 10.0 Å². The van der Waals surface area contributed by atoms with Crippen LogP contribution in [0.3, 0.4) is 0 Å². The van der Waals surface area contributed by atoms with Crippen LogP contribution < -0.4 is 10.5 Å². The summed E-state index contributed by atoms with van der Waals surface area (Å²) in [6.45, 7) is 0.559. The first-order valence-corrected chi connectivity index (χ1v) is 9.36. The molecule has 0 aliphatic rings. The Labute approximate surface area is 148 Å². The second-order valence-electron chi connectivity index (χ2n) is 5.20. The number of benzene rings is 2. The Balaban J connectivity index is 1.78. The maximum atomic E-state index is 12.5. The van der Waals surface area contributed by atoms with Gasteiger partial charge in [-0.25, -0.2) is 8.42 Å². The predicted molar refractivity (Wildman–Crippen MR) is 97.1 cm³/mol. The molecule has 0 saturated carbocycles. The quantitative estimate of drug-likeness (QED) is 0.636. The molecule has 0 fully saturated rings. The third kappa shape index (κ3) is 3.77. The van der Waals surface area contributed by atoms with E-state index in [2.05, 4.69) is 25.8 Å². The molecule has 8 heteroatoms. The first-order valence-electron chi connectivity index (χ1n) is 7.08. The molecule has 0 amide bonds. The molecule has 0 spiro atoms. The molecule has 3 aromatic rings. The van der Waals surface area contributed by atoms with Gasteiger partial charge in [0.1, 0.15) is 4.90 Å². The van der Waals surface area contributed by atoms with Crippen molar-refractivity contribution in [1.29, 1.82) is 0 Å². The van der Waals surface area contributed by atoms with Gasteiger partial charge in [0.2, 0.25) is 0 Å². The Kier molecular flexibility index (Phi) is 4.59. The number of nitrogens with zero attached hydrogens (tertiary/aromatic N) is 2. The van der Waals surface area contributed by atoms with Crippen LogP contribution >= 0.6 is 15.9 Å². The molecule has 0 atom stereocenters. The highest BCUT2D eigenvalue weighted by Gasteiger charge is 2.18. The number of sulfonamides is 1. The number of halogens is 1. The van der Waals surface area contributed by atoms with E-state index in [-0.39, 0.29) is 10.6 Å². The third-order valence-electron chi connectivity index (χ3n) is 3.33. The van der Waals surface area contributed by atoms with E-state index >= 15 is 0 Å². The Hall–Kier alpha value is -2.32. The molecule has 2 aromatic carbocycles. The second kappa shape index (κ2) is 6.66. The Morgan fingerprint density at radius 3 is 2.62 bits per heavy atom. The fraction of sp³-hybridized carbons (Fsp3) is 0.0625. The molecule has 0 unspecified atom stereocenters. The molecule has 0 radical (unpaired) electrons. The lowest BCUT2D eigenvalue weighted by atomic mass is 10.2. The van der Waals surface area contributed by atoms with Gasteiger partial charge in [-0.05, 0) is 23.8 Å². The molecular formula is C16H15BrN4O2S. The first kappa shape index (κ1) is 16.5. The number of nitrogens with two attached hydrogens (primary N) is 1. The largest absolute Gasteiger partial charge is 0.398 e. The zero-order valence-electron chi connectivity index (χ0n) is 12.6. The summed E-state index contributed by atoms with van der Waals surface area (Å²) < 4.78 is 29.8. The molecule has 1 aromatic heterocycles. The molecule has 3 rings (SSSR count). The van der Waals surface area contributed by atoms with E-state index in [1.807, 2.05) is 30.3 Å². The van der Waals surface area contributed by atoms with E-state index < -0.39 is 10.0 Å². The zero-order valence-corrected chi connectivity index (χ0v) is 15.0. The average molecular weight is 407 g/mol. The van der Waals surface area contributed by atoms with Gasteiger partial charge in [-0.1, -0.05) is 46.3 Å². The number of hydrogen-bond acceptors (Lipinski definition) is 4. The monoisotopic (exact) mass is 406 g/mol. The standard InChI is InChI=1S/C16H15BrN4O2S/c17-13-6-7-16(15(18)8-13)24(22,23)20-14-9-19-21(11-14)10-12-4-2-1-3-5-12/h1-9,11,20H,10,18H2. The highest BCUT2D eigenvalue weighted by atomic mass is 79.9. The van der Waals surface area contributed by atoms with Crippen molar-refractivity contribution in [1.82, 2.24) is 9.78 Å². The van der Waals surface area contributed by atoms with Crippen LogP contribution in [-0.4, -0.2) is 18.2 Å². The number of nitrogen functional groups attached to an aromatic ring is 1. The summed E-state index contributed by atoms with van der Waals surface area (Å²) in [4.78, 5) is 0.0292. The normalized spacial score (nSPS) is 11.4. The lowest BCUT2D eigenvalue weighted by Crippen LogP contribution is -2.14. The van der Waals surface area contributed by atoms with Crippen molar-refractivity contribution in [3.8, 4) is 0 Å². The van der Waals surface area contributed by atoms with Crippen molar-refractivity contribution in [2.75, 3.05) is 10.5 Å². The maximum absolute atomic E-state index is 12.5. The van der Waals surface area contributed by atoms with Crippen LogP contribution in [0.15, 0.2) is 70.3 Å². The van der Waals surface area contributed by atoms with Crippen molar-refractivity contribution in [3.05, 3.63) is 71.0 Å². The number of anilines is 2. The Morgan fingerprint density at radius 1 is 1.17 bits per heavy atom. The number of rotatable bonds is 5. The summed E-state index contributed by atoms with van der Waals surface area (Å²) >= 11 is 3.26. The third-order valence-corrected chi connectivity index (χ3v) is 5.28. The van der Waals surface area contributed by atoms with Crippen molar-refractivity contribution in [3.63, 3.8) is 0 Å². The van der Waals surface area contributed by atoms with Gasteiger partial charge in [0.05, 0.1) is 24.1 Å². The summed E-state index contributed by atoms with van der Waals surface area (Å²) in [7, 11) is -3.77. The van der Waals surface area contributed by atoms with E-state index in [0.29, 0.717) is 12.2 Å². The van der Waals surface area contributed by atoms with Crippen molar-refractivity contribution < 1.29 is 8.42 Å². The van der Waals surface area contributed by atoms with Gasteiger partial charge in [0.25, 0.3) is 10.0 Å². The van der Waals surface area contributed by atoms with E-state index in [4.69, 9.17) is 5.73 Å². The Morgan fingerprint density at radius 2 is 1.92 bits per heavy atom. The average Bonchev–Trinajstić information content (AvgIpc) is 2.94. The maximum Gasteiger partial charge on any atom is 0.264 e. The van der Waals surface area contributed by atoms with Gasteiger partial charge < -0.3 is 5.73 Å². The molecule has 24 heavy (non-hydrogen) atoms. The molecule has 3 N–H and O–H groups in total. The highest BCUT2D eigenvalue weighted by Crippen LogP contribution is 2.24. The van der Waals surface area contributed by atoms with Crippen molar-refractivity contribution in [2.24, 2.45) is 0 Å². The molecule has 6 nitrogen and oxygen atoms in total. The van der Waals surface area contributed by atoms with Gasteiger partial charge in [-0.2, -0.15) is 5.10 Å². The summed E-state index contributed by atoms with van der Waals surface area (Å²) in [5.74, 6) is 0. The Bertz CT molecular complexity index is 955. The van der Waals surface area contributed by atoms with Gasteiger partial charge in [-0.15, -0.1) is 0 Å². The fourth-order valence-corrected chi connectivity index (χ4v) is 3.77. The highest BCUT2D eigenvalue weighted by molar-refractivity contribution is 9.10. The number of hydrogen-bond donors (Lipinski definition) is 2. The summed E-state index contributed by atoms with van der Waals surface area (Å²) in [5, 5.41) is 4.18. The predicted octanol–water partition coefficient (Wildman–Crippen LogP) is 3.08. The minimum atomic E-state index is -3.77. The molecule has 0 aliphatic carbocycles. The lowest BCUT2D eigenvalue weighted by molar-refractivity contribution is 0.601. The summed E-state index contributed by atoms with van der Waals surface area (Å²) in [6, 6.07) is 14.4. The SMILES string of the molecule is Nc1cc(Br)ccc1S(=O)(=O)Nc1cnn(Cc2ccccc2)c1. The van der Waals surface area contributed by atoms with Crippen molar-refractivity contribution in [2.45, 2.75) is 11.4 Å². The molecule has 0 bridgehead atoms. The van der Waals surface area contributed by atoms with E-state index in [9.17, 15) is 8.42 Å². The molecule has 0 saturated heterocycles. The van der Waals surface area contributed by atoms with Crippen LogP contribution in [0.1, 0.15) is 5.56 Å². The topological polar surface area (TPSA) is 90.0 Å². The van der Waals surface area contributed by atoms with Gasteiger partial charge >= 0.3 is 0 Å². The molecule has 124 valence electrons. The van der Waals surface area contributed by atoms with Crippen LogP contribution in [0.4, 0.5) is 11.4 Å². The smallest absolute Gasteiger partial charge is 0.264 e. The van der Waals surface area contributed by atoms with Gasteiger partial charge in [0, 0.05) is 10.7 Å². The minimum absolute atomic E-state index is 0.0292. The molecule has 0 aliphatic heterocycles. The van der Waals surface area contributed by atoms with Crippen LogP contribution in [0.2, 0.25) is 0 Å². The van der Waals surface area contributed by atoms with Crippen LogP contribution in [0.5, 0.6) is 0 Å². The number of aromatic nitrogens is 2. The lowest BCUT2D eigenvalue weighted by Gasteiger charge is -2.08. The summed E-state index contributed by atoms with van der Waals surface area (Å²) in [6.07, 6.45) is 3.11. The molecule has 1 heterocycles. The fourth-order valence-electron chi connectivity index (χ4n) is 2.25. The first-order chi connectivity index (χ1) is 11.4. The van der Waals surface area contributed by atoms with Gasteiger partial charge in [0.15, 0.2) is 0 Å². The van der Waals surface area contributed by atoms with Gasteiger partial charge in [-0.3, -0.25) is 9.40 Å². The second-order valence-corrected chi connectivity index (χ2v) is 7.77. The van der Waals surface area contributed by atoms with E-state index in [1.165, 1.54) is 12.3 Å². The van der Waals surface area contributed by atoms with Crippen LogP contribution in [0.25, 0.3) is 0 Å². The van der Waals surface area contributed by atoms with Crippen molar-refractivity contribution >= 4 is 37.3 Å². The zero-order chi connectivity index (χ0) is 17.2. The van der Waals surface area contributed by atoms with Crippen LogP contribution in [0, 0.1) is 0 Å². The van der Waals surface area contributed by atoms with Crippen LogP contribution in [-0.2, 0) is 16.6 Å². The van der Waals surface area contributed by atoms with E-state index in [1.54, 1.807) is 23.0 Å². The molecular weight excluding hydrogens is 392 g/mol.